The van der Waals surface area contributed by atoms with Gasteiger partial charge in [0.15, 0.2) is 0 Å². The van der Waals surface area contributed by atoms with E-state index < -0.39 is 5.91 Å². The summed E-state index contributed by atoms with van der Waals surface area (Å²) in [6.45, 7) is 5.37. The van der Waals surface area contributed by atoms with Crippen molar-refractivity contribution in [2.75, 3.05) is 0 Å². The third-order valence-corrected chi connectivity index (χ3v) is 5.45. The molecule has 0 saturated carbocycles. The monoisotopic (exact) mass is 394 g/mol. The summed E-state index contributed by atoms with van der Waals surface area (Å²) >= 11 is 1.32. The van der Waals surface area contributed by atoms with Crippen LogP contribution in [0.4, 0.5) is 0 Å². The van der Waals surface area contributed by atoms with E-state index in [1.54, 1.807) is 26.0 Å². The predicted molar refractivity (Wildman–Crippen MR) is 107 cm³/mol. The molecule has 0 saturated heterocycles. The molecule has 0 radical (unpaired) electrons. The quantitative estimate of drug-likeness (QED) is 0.519. The molecule has 0 bridgehead atoms. The fourth-order valence-electron chi connectivity index (χ4n) is 3.00. The minimum absolute atomic E-state index is 0.383. The van der Waals surface area contributed by atoms with E-state index in [0.717, 1.165) is 21.6 Å². The Kier molecular flexibility index (Phi) is 4.48. The number of rotatable bonds is 3. The molecule has 0 fully saturated rings. The maximum atomic E-state index is 12.5. The highest BCUT2D eigenvalue weighted by Crippen LogP contribution is 2.30. The van der Waals surface area contributed by atoms with Crippen LogP contribution in [0.3, 0.4) is 0 Å². The molecule has 3 heterocycles. The summed E-state index contributed by atoms with van der Waals surface area (Å²) in [7, 11) is 0. The van der Waals surface area contributed by atoms with Crippen molar-refractivity contribution in [2.24, 2.45) is 0 Å². The van der Waals surface area contributed by atoms with Crippen molar-refractivity contribution >= 4 is 33.4 Å². The van der Waals surface area contributed by atoms with E-state index >= 15 is 0 Å². The van der Waals surface area contributed by atoms with Gasteiger partial charge in [0.1, 0.15) is 16.4 Å². The van der Waals surface area contributed by atoms with Gasteiger partial charge in [0.2, 0.25) is 0 Å². The van der Waals surface area contributed by atoms with E-state index in [2.05, 4.69) is 16.0 Å². The fourth-order valence-corrected chi connectivity index (χ4v) is 4.08. The number of furan rings is 1. The molecule has 7 nitrogen and oxygen atoms in total. The fraction of sp³-hybridized carbons (Fsp3) is 0.150. The van der Waals surface area contributed by atoms with Crippen LogP contribution in [0, 0.1) is 20.8 Å². The first-order valence-corrected chi connectivity index (χ1v) is 9.48. The molecule has 2 N–H and O–H groups in total. The van der Waals surface area contributed by atoms with E-state index in [9.17, 15) is 9.59 Å². The van der Waals surface area contributed by atoms with Gasteiger partial charge in [-0.25, -0.2) is 4.68 Å². The maximum Gasteiger partial charge on any atom is 0.279 e. The highest BCUT2D eigenvalue weighted by molar-refractivity contribution is 7.20. The summed E-state index contributed by atoms with van der Waals surface area (Å²) < 4.78 is 7.17. The van der Waals surface area contributed by atoms with E-state index in [4.69, 9.17) is 4.42 Å². The standard InChI is InChI=1S/C20H18N4O3S/c1-11-9-16(13(3)27-11)18(25)21-22-19(26)17-10-15-12(2)23-24(20(15)28-17)14-7-5-4-6-8-14/h4-10H,1-3H3,(H,21,25)(H,22,26). The Labute approximate surface area is 164 Å². The number of hydrazine groups is 1. The molecule has 0 aliphatic heterocycles. The molecule has 0 atom stereocenters. The number of hydrogen-bond donors (Lipinski definition) is 2. The van der Waals surface area contributed by atoms with Crippen LogP contribution < -0.4 is 10.9 Å². The average molecular weight is 394 g/mol. The van der Waals surface area contributed by atoms with Gasteiger partial charge in [-0.15, -0.1) is 11.3 Å². The number of nitrogens with one attached hydrogen (secondary N) is 2. The van der Waals surface area contributed by atoms with Gasteiger partial charge < -0.3 is 4.42 Å². The third kappa shape index (κ3) is 3.18. The molecule has 4 aromatic rings. The minimum atomic E-state index is -0.421. The van der Waals surface area contributed by atoms with Crippen molar-refractivity contribution in [1.29, 1.82) is 0 Å². The van der Waals surface area contributed by atoms with Crippen LogP contribution in [0.25, 0.3) is 15.9 Å². The highest BCUT2D eigenvalue weighted by Gasteiger charge is 2.19. The maximum absolute atomic E-state index is 12.5. The summed E-state index contributed by atoms with van der Waals surface area (Å²) in [6.07, 6.45) is 0. The number of aryl methyl sites for hydroxylation is 3. The van der Waals surface area contributed by atoms with Crippen molar-refractivity contribution < 1.29 is 14.0 Å². The molecule has 0 spiro atoms. The number of nitrogens with zero attached hydrogens (tertiary/aromatic N) is 2. The zero-order valence-electron chi connectivity index (χ0n) is 15.6. The van der Waals surface area contributed by atoms with Crippen LogP contribution in [0.1, 0.15) is 37.2 Å². The van der Waals surface area contributed by atoms with Crippen molar-refractivity contribution in [2.45, 2.75) is 20.8 Å². The van der Waals surface area contributed by atoms with Gasteiger partial charge in [-0.05, 0) is 45.0 Å². The van der Waals surface area contributed by atoms with Crippen molar-refractivity contribution in [1.82, 2.24) is 20.6 Å². The number of aromatic nitrogens is 2. The topological polar surface area (TPSA) is 89.2 Å². The molecule has 142 valence electrons. The first-order chi connectivity index (χ1) is 13.4. The normalized spacial score (nSPS) is 11.0. The van der Waals surface area contributed by atoms with Gasteiger partial charge in [-0.2, -0.15) is 5.10 Å². The first kappa shape index (κ1) is 18.0. The second-order valence-corrected chi connectivity index (χ2v) is 7.43. The third-order valence-electron chi connectivity index (χ3n) is 4.34. The average Bonchev–Trinajstić information content (AvgIpc) is 3.35. The van der Waals surface area contributed by atoms with E-state index in [1.165, 1.54) is 11.3 Å². The van der Waals surface area contributed by atoms with Crippen LogP contribution in [0.15, 0.2) is 46.9 Å². The number of para-hydroxylation sites is 1. The molecule has 0 aliphatic rings. The second kappa shape index (κ2) is 6.97. The number of amides is 2. The van der Waals surface area contributed by atoms with Crippen molar-refractivity contribution in [3.63, 3.8) is 0 Å². The van der Waals surface area contributed by atoms with E-state index in [0.29, 0.717) is 22.0 Å². The summed E-state index contributed by atoms with van der Waals surface area (Å²) in [5, 5.41) is 5.47. The Bertz CT molecular complexity index is 1190. The second-order valence-electron chi connectivity index (χ2n) is 6.40. The molecular weight excluding hydrogens is 376 g/mol. The van der Waals surface area contributed by atoms with Crippen LogP contribution in [0.2, 0.25) is 0 Å². The lowest BCUT2D eigenvalue weighted by molar-refractivity contribution is 0.0848. The summed E-state index contributed by atoms with van der Waals surface area (Å²) in [6, 6.07) is 13.2. The highest BCUT2D eigenvalue weighted by atomic mass is 32.1. The Balaban J connectivity index is 1.55. The zero-order valence-corrected chi connectivity index (χ0v) is 16.4. The first-order valence-electron chi connectivity index (χ1n) is 8.66. The van der Waals surface area contributed by atoms with Gasteiger partial charge >= 0.3 is 0 Å². The molecular formula is C20H18N4O3S. The molecule has 8 heteroatoms. The molecule has 4 rings (SSSR count). The summed E-state index contributed by atoms with van der Waals surface area (Å²) in [4.78, 5) is 26.1. The smallest absolute Gasteiger partial charge is 0.279 e. The van der Waals surface area contributed by atoms with Crippen molar-refractivity contribution in [3.8, 4) is 5.69 Å². The Hall–Kier alpha value is -3.39. The van der Waals surface area contributed by atoms with Crippen LogP contribution in [-0.2, 0) is 0 Å². The van der Waals surface area contributed by atoms with Gasteiger partial charge in [-0.3, -0.25) is 20.4 Å². The SMILES string of the molecule is Cc1cc(C(=O)NNC(=O)c2cc3c(C)nn(-c4ccccc4)c3s2)c(C)o1. The summed E-state index contributed by atoms with van der Waals surface area (Å²) in [5.74, 6) is 0.339. The number of fused-ring (bicyclic) bond motifs is 1. The van der Waals surface area contributed by atoms with E-state index in [1.807, 2.05) is 41.9 Å². The lowest BCUT2D eigenvalue weighted by Crippen LogP contribution is -2.41. The zero-order chi connectivity index (χ0) is 19.8. The number of thiophene rings is 1. The molecule has 0 aliphatic carbocycles. The predicted octanol–water partition coefficient (Wildman–Crippen LogP) is 3.68. The van der Waals surface area contributed by atoms with E-state index in [-0.39, 0.29) is 5.91 Å². The Morgan fingerprint density at radius 3 is 2.43 bits per heavy atom. The van der Waals surface area contributed by atoms with Gasteiger partial charge in [0, 0.05) is 5.39 Å². The van der Waals surface area contributed by atoms with Gasteiger partial charge in [0.25, 0.3) is 11.8 Å². The molecule has 2 amide bonds. The molecule has 1 aromatic carbocycles. The summed E-state index contributed by atoms with van der Waals surface area (Å²) in [5.41, 5.74) is 7.05. The van der Waals surface area contributed by atoms with Crippen molar-refractivity contribution in [3.05, 3.63) is 70.1 Å². The Morgan fingerprint density at radius 2 is 1.75 bits per heavy atom. The van der Waals surface area contributed by atoms with Crippen LogP contribution in [-0.4, -0.2) is 21.6 Å². The molecule has 28 heavy (non-hydrogen) atoms. The number of carbonyl (C=O) groups excluding carboxylic acids is 2. The number of benzene rings is 1. The lowest BCUT2D eigenvalue weighted by atomic mass is 10.2. The van der Waals surface area contributed by atoms with Gasteiger partial charge in [0.05, 0.1) is 21.8 Å². The Morgan fingerprint density at radius 1 is 1.04 bits per heavy atom. The van der Waals surface area contributed by atoms with Crippen LogP contribution >= 0.6 is 11.3 Å². The minimum Gasteiger partial charge on any atom is -0.466 e. The molecule has 0 unspecified atom stereocenters. The number of carbonyl (C=O) groups is 2. The molecule has 3 aromatic heterocycles. The lowest BCUT2D eigenvalue weighted by Gasteiger charge is -2.05. The number of hydrogen-bond acceptors (Lipinski definition) is 5. The van der Waals surface area contributed by atoms with Gasteiger partial charge in [-0.1, -0.05) is 18.2 Å². The van der Waals surface area contributed by atoms with Crippen LogP contribution in [0.5, 0.6) is 0 Å². The largest absolute Gasteiger partial charge is 0.466 e.